The average Bonchev–Trinajstić information content (AvgIpc) is 2.86. The molecule has 0 aliphatic rings. The van der Waals surface area contributed by atoms with E-state index in [0.29, 0.717) is 10.2 Å². The molecule has 0 fully saturated rings. The highest BCUT2D eigenvalue weighted by atomic mass is 79.9. The zero-order chi connectivity index (χ0) is 14.8. The molecule has 0 aliphatic carbocycles. The van der Waals surface area contributed by atoms with E-state index in [4.69, 9.17) is 4.42 Å². The fourth-order valence-corrected chi connectivity index (χ4v) is 2.05. The Morgan fingerprint density at radius 3 is 2.35 bits per heavy atom. The fourth-order valence-electron chi connectivity index (χ4n) is 1.75. The molecule has 0 saturated carbocycles. The van der Waals surface area contributed by atoms with Crippen molar-refractivity contribution in [2.45, 2.75) is 12.5 Å². The summed E-state index contributed by atoms with van der Waals surface area (Å²) in [6.45, 7) is 1.43. The summed E-state index contributed by atoms with van der Waals surface area (Å²) >= 11 is 3.09. The molecule has 0 aliphatic heterocycles. The van der Waals surface area contributed by atoms with Crippen LogP contribution in [0.3, 0.4) is 0 Å². The van der Waals surface area contributed by atoms with E-state index >= 15 is 0 Å². The van der Waals surface area contributed by atoms with E-state index in [1.54, 1.807) is 36.4 Å². The largest absolute Gasteiger partial charge is 0.479 e. The third-order valence-corrected chi connectivity index (χ3v) is 3.37. The van der Waals surface area contributed by atoms with Gasteiger partial charge in [0.15, 0.2) is 16.0 Å². The fraction of sp³-hybridized carbons (Fsp3) is 0.143. The first-order valence-electron chi connectivity index (χ1n) is 5.80. The van der Waals surface area contributed by atoms with Gasteiger partial charge < -0.3 is 14.8 Å². The number of hydrogen-bond acceptors (Lipinski definition) is 3. The molecule has 20 heavy (non-hydrogen) atoms. The molecule has 1 heterocycles. The zero-order valence-corrected chi connectivity index (χ0v) is 12.2. The van der Waals surface area contributed by atoms with Crippen LogP contribution in [-0.2, 0) is 10.3 Å². The number of halogens is 1. The molecular formula is C14H12BrNO4. The van der Waals surface area contributed by atoms with Crippen LogP contribution in [0.1, 0.15) is 23.0 Å². The van der Waals surface area contributed by atoms with Gasteiger partial charge in [-0.1, -0.05) is 30.3 Å². The van der Waals surface area contributed by atoms with Gasteiger partial charge in [0.25, 0.3) is 5.91 Å². The maximum Gasteiger partial charge on any atom is 0.333 e. The second-order valence-corrected chi connectivity index (χ2v) is 5.14. The number of carbonyl (C=O) groups is 2. The highest BCUT2D eigenvalue weighted by molar-refractivity contribution is 9.10. The van der Waals surface area contributed by atoms with E-state index in [1.165, 1.54) is 13.0 Å². The van der Waals surface area contributed by atoms with E-state index < -0.39 is 17.4 Å². The number of hydrogen-bond donors (Lipinski definition) is 2. The van der Waals surface area contributed by atoms with Gasteiger partial charge in [-0.05, 0) is 40.5 Å². The third kappa shape index (κ3) is 2.75. The monoisotopic (exact) mass is 337 g/mol. The Morgan fingerprint density at radius 2 is 1.85 bits per heavy atom. The van der Waals surface area contributed by atoms with Gasteiger partial charge in [0.05, 0.1) is 0 Å². The Bertz CT molecular complexity index is 638. The Morgan fingerprint density at radius 1 is 1.20 bits per heavy atom. The lowest BCUT2D eigenvalue weighted by Crippen LogP contribution is -2.49. The summed E-state index contributed by atoms with van der Waals surface area (Å²) in [6, 6.07) is 11.5. The van der Waals surface area contributed by atoms with Gasteiger partial charge in [-0.25, -0.2) is 4.79 Å². The summed E-state index contributed by atoms with van der Waals surface area (Å²) in [5.41, 5.74) is -1.05. The summed E-state index contributed by atoms with van der Waals surface area (Å²) in [6.07, 6.45) is 0. The maximum absolute atomic E-state index is 12.1. The number of benzene rings is 1. The van der Waals surface area contributed by atoms with Crippen LogP contribution in [-0.4, -0.2) is 17.0 Å². The number of carboxylic acids is 1. The first kappa shape index (κ1) is 14.3. The van der Waals surface area contributed by atoms with E-state index in [0.717, 1.165) is 0 Å². The van der Waals surface area contributed by atoms with E-state index in [1.807, 2.05) is 0 Å². The lowest BCUT2D eigenvalue weighted by molar-refractivity contribution is -0.144. The Labute approximate surface area is 123 Å². The lowest BCUT2D eigenvalue weighted by Gasteiger charge is -2.26. The van der Waals surface area contributed by atoms with Crippen LogP contribution >= 0.6 is 15.9 Å². The molecule has 0 saturated heterocycles. The molecule has 1 amide bonds. The highest BCUT2D eigenvalue weighted by Crippen LogP contribution is 2.22. The third-order valence-electron chi connectivity index (χ3n) is 2.94. The number of carboxylic acid groups (broad SMARTS) is 1. The van der Waals surface area contributed by atoms with E-state index in [-0.39, 0.29) is 5.76 Å². The molecule has 104 valence electrons. The van der Waals surface area contributed by atoms with Crippen molar-refractivity contribution < 1.29 is 19.1 Å². The molecule has 0 radical (unpaired) electrons. The standard InChI is InChI=1S/C14H12BrNO4/c1-14(13(18)19,9-5-3-2-4-6-9)16-12(17)10-7-8-11(15)20-10/h2-8H,1H3,(H,16,17)(H,18,19). The van der Waals surface area contributed by atoms with Crippen LogP contribution in [0.25, 0.3) is 0 Å². The summed E-state index contributed by atoms with van der Waals surface area (Å²) < 4.78 is 5.52. The van der Waals surface area contributed by atoms with Crippen molar-refractivity contribution in [1.82, 2.24) is 5.32 Å². The summed E-state index contributed by atoms with van der Waals surface area (Å²) in [7, 11) is 0. The summed E-state index contributed by atoms with van der Waals surface area (Å²) in [4.78, 5) is 23.6. The van der Waals surface area contributed by atoms with E-state index in [9.17, 15) is 14.7 Å². The van der Waals surface area contributed by atoms with Crippen molar-refractivity contribution in [2.75, 3.05) is 0 Å². The van der Waals surface area contributed by atoms with Crippen LogP contribution in [0, 0.1) is 0 Å². The smallest absolute Gasteiger partial charge is 0.333 e. The molecule has 1 atom stereocenters. The minimum atomic E-state index is -1.53. The van der Waals surface area contributed by atoms with Crippen LogP contribution < -0.4 is 5.32 Å². The first-order valence-corrected chi connectivity index (χ1v) is 6.59. The molecule has 0 bridgehead atoms. The highest BCUT2D eigenvalue weighted by Gasteiger charge is 2.37. The molecule has 6 heteroatoms. The van der Waals surface area contributed by atoms with Gasteiger partial charge in [-0.15, -0.1) is 0 Å². The van der Waals surface area contributed by atoms with Crippen LogP contribution in [0.15, 0.2) is 51.6 Å². The number of rotatable bonds is 4. The van der Waals surface area contributed by atoms with Crippen molar-refractivity contribution in [3.8, 4) is 0 Å². The number of nitrogens with one attached hydrogen (secondary N) is 1. The summed E-state index contributed by atoms with van der Waals surface area (Å²) in [5, 5.41) is 11.9. The number of amides is 1. The Hall–Kier alpha value is -2.08. The van der Waals surface area contributed by atoms with Gasteiger partial charge in [0, 0.05) is 0 Å². The summed E-state index contributed by atoms with van der Waals surface area (Å²) in [5.74, 6) is -1.70. The SMILES string of the molecule is CC(NC(=O)c1ccc(Br)o1)(C(=O)O)c1ccccc1. The van der Waals surface area contributed by atoms with Gasteiger partial charge in [-0.3, -0.25) is 4.79 Å². The number of furan rings is 1. The Kier molecular flexibility index (Phi) is 3.94. The quantitative estimate of drug-likeness (QED) is 0.898. The van der Waals surface area contributed by atoms with E-state index in [2.05, 4.69) is 21.2 Å². The van der Waals surface area contributed by atoms with Crippen molar-refractivity contribution in [3.05, 3.63) is 58.5 Å². The molecular weight excluding hydrogens is 326 g/mol. The van der Waals surface area contributed by atoms with Crippen molar-refractivity contribution >= 4 is 27.8 Å². The van der Waals surface area contributed by atoms with Gasteiger partial charge in [-0.2, -0.15) is 0 Å². The molecule has 1 unspecified atom stereocenters. The molecule has 5 nitrogen and oxygen atoms in total. The number of aliphatic carboxylic acids is 1. The van der Waals surface area contributed by atoms with Crippen LogP contribution in [0.2, 0.25) is 0 Å². The lowest BCUT2D eigenvalue weighted by atomic mass is 9.92. The maximum atomic E-state index is 12.1. The van der Waals surface area contributed by atoms with Crippen molar-refractivity contribution in [3.63, 3.8) is 0 Å². The molecule has 1 aromatic heterocycles. The predicted molar refractivity (Wildman–Crippen MR) is 75.3 cm³/mol. The first-order chi connectivity index (χ1) is 9.43. The van der Waals surface area contributed by atoms with Crippen molar-refractivity contribution in [1.29, 1.82) is 0 Å². The molecule has 0 spiro atoms. The normalized spacial score (nSPS) is 13.5. The number of carbonyl (C=O) groups excluding carboxylic acids is 1. The Balaban J connectivity index is 2.31. The topological polar surface area (TPSA) is 79.5 Å². The predicted octanol–water partition coefficient (Wildman–Crippen LogP) is 2.77. The molecule has 2 N–H and O–H groups in total. The van der Waals surface area contributed by atoms with Crippen molar-refractivity contribution in [2.24, 2.45) is 0 Å². The average molecular weight is 338 g/mol. The minimum Gasteiger partial charge on any atom is -0.479 e. The molecule has 1 aromatic carbocycles. The molecule has 2 aromatic rings. The van der Waals surface area contributed by atoms with Crippen LogP contribution in [0.4, 0.5) is 0 Å². The minimum absolute atomic E-state index is 0.0419. The van der Waals surface area contributed by atoms with Gasteiger partial charge in [0.1, 0.15) is 0 Å². The second-order valence-electron chi connectivity index (χ2n) is 4.35. The molecule has 2 rings (SSSR count). The van der Waals surface area contributed by atoms with Gasteiger partial charge in [0.2, 0.25) is 0 Å². The van der Waals surface area contributed by atoms with Gasteiger partial charge >= 0.3 is 5.97 Å². The second kappa shape index (κ2) is 5.50. The van der Waals surface area contributed by atoms with Crippen LogP contribution in [0.5, 0.6) is 0 Å². The zero-order valence-electron chi connectivity index (χ0n) is 10.6.